The van der Waals surface area contributed by atoms with E-state index in [2.05, 4.69) is 21.9 Å². The van der Waals surface area contributed by atoms with Crippen LogP contribution in [0.25, 0.3) is 0 Å². The van der Waals surface area contributed by atoms with Gasteiger partial charge < -0.3 is 4.90 Å². The zero-order chi connectivity index (χ0) is 9.42. The Kier molecular flexibility index (Phi) is 1.94. The molecule has 0 N–H and O–H groups in total. The highest BCUT2D eigenvalue weighted by Crippen LogP contribution is 2.29. The Bertz CT molecular complexity index is 298. The molecule has 13 heavy (non-hydrogen) atoms. The van der Waals surface area contributed by atoms with Crippen LogP contribution in [0, 0.1) is 13.8 Å². The predicted molar refractivity (Wildman–Crippen MR) is 52.9 cm³/mol. The van der Waals surface area contributed by atoms with Crippen molar-refractivity contribution in [2.24, 2.45) is 0 Å². The largest absolute Gasteiger partial charge is 0.357 e. The number of anilines is 1. The van der Waals surface area contributed by atoms with Gasteiger partial charge in [0.2, 0.25) is 0 Å². The van der Waals surface area contributed by atoms with Crippen LogP contribution in [0.3, 0.4) is 0 Å². The van der Waals surface area contributed by atoms with E-state index < -0.39 is 0 Å². The van der Waals surface area contributed by atoms with E-state index in [1.807, 2.05) is 19.9 Å². The molecule has 1 fully saturated rings. The standard InChI is InChI=1S/C10H15N3/c1-7-6-10(12-8(2)11-7)13(3)9-4-5-9/h6,9H,4-5H2,1-3H3. The van der Waals surface area contributed by atoms with Crippen LogP contribution >= 0.6 is 0 Å². The summed E-state index contributed by atoms with van der Waals surface area (Å²) in [5, 5.41) is 0. The van der Waals surface area contributed by atoms with Gasteiger partial charge in [0, 0.05) is 24.8 Å². The summed E-state index contributed by atoms with van der Waals surface area (Å²) < 4.78 is 0. The van der Waals surface area contributed by atoms with Gasteiger partial charge in [0.25, 0.3) is 0 Å². The van der Waals surface area contributed by atoms with E-state index in [0.29, 0.717) is 6.04 Å². The fraction of sp³-hybridized carbons (Fsp3) is 0.600. The Hall–Kier alpha value is -1.12. The van der Waals surface area contributed by atoms with Crippen molar-refractivity contribution in [2.45, 2.75) is 32.7 Å². The lowest BCUT2D eigenvalue weighted by atomic mass is 10.4. The molecule has 1 saturated carbocycles. The van der Waals surface area contributed by atoms with Crippen molar-refractivity contribution in [3.63, 3.8) is 0 Å². The summed E-state index contributed by atoms with van der Waals surface area (Å²) in [6.45, 7) is 3.95. The van der Waals surface area contributed by atoms with Crippen LogP contribution in [0.15, 0.2) is 6.07 Å². The molecule has 0 bridgehead atoms. The first-order valence-electron chi connectivity index (χ1n) is 4.72. The van der Waals surface area contributed by atoms with Crippen molar-refractivity contribution in [3.05, 3.63) is 17.6 Å². The van der Waals surface area contributed by atoms with Crippen molar-refractivity contribution < 1.29 is 0 Å². The first kappa shape index (κ1) is 8.48. The molecule has 3 nitrogen and oxygen atoms in total. The third-order valence-corrected chi connectivity index (χ3v) is 2.41. The quantitative estimate of drug-likeness (QED) is 0.688. The average Bonchev–Trinajstić information content (AvgIpc) is 2.83. The van der Waals surface area contributed by atoms with Crippen LogP contribution in [0.5, 0.6) is 0 Å². The molecule has 1 heterocycles. The highest BCUT2D eigenvalue weighted by Gasteiger charge is 2.27. The molecule has 1 aliphatic carbocycles. The summed E-state index contributed by atoms with van der Waals surface area (Å²) in [6.07, 6.45) is 2.61. The molecule has 0 unspecified atom stereocenters. The van der Waals surface area contributed by atoms with Crippen LogP contribution in [0.1, 0.15) is 24.4 Å². The number of aromatic nitrogens is 2. The van der Waals surface area contributed by atoms with Gasteiger partial charge in [-0.2, -0.15) is 0 Å². The van der Waals surface area contributed by atoms with Gasteiger partial charge in [-0.05, 0) is 26.7 Å². The van der Waals surface area contributed by atoms with Crippen LogP contribution in [-0.4, -0.2) is 23.1 Å². The fourth-order valence-corrected chi connectivity index (χ4v) is 1.53. The molecular weight excluding hydrogens is 162 g/mol. The molecule has 0 atom stereocenters. The van der Waals surface area contributed by atoms with Gasteiger partial charge in [0.05, 0.1) is 0 Å². The first-order valence-corrected chi connectivity index (χ1v) is 4.72. The summed E-state index contributed by atoms with van der Waals surface area (Å²) >= 11 is 0. The van der Waals surface area contributed by atoms with E-state index in [1.165, 1.54) is 12.8 Å². The van der Waals surface area contributed by atoms with Crippen LogP contribution < -0.4 is 4.90 Å². The molecule has 3 heteroatoms. The number of hydrogen-bond acceptors (Lipinski definition) is 3. The molecule has 1 aromatic rings. The average molecular weight is 177 g/mol. The van der Waals surface area contributed by atoms with E-state index in [1.54, 1.807) is 0 Å². The fourth-order valence-electron chi connectivity index (χ4n) is 1.53. The highest BCUT2D eigenvalue weighted by atomic mass is 15.2. The molecule has 2 rings (SSSR count). The van der Waals surface area contributed by atoms with Gasteiger partial charge in [-0.1, -0.05) is 0 Å². The van der Waals surface area contributed by atoms with Crippen LogP contribution in [-0.2, 0) is 0 Å². The Morgan fingerprint density at radius 1 is 1.31 bits per heavy atom. The maximum absolute atomic E-state index is 4.41. The minimum Gasteiger partial charge on any atom is -0.357 e. The molecule has 0 aliphatic heterocycles. The lowest BCUT2D eigenvalue weighted by molar-refractivity contribution is 0.867. The SMILES string of the molecule is Cc1cc(N(C)C2CC2)nc(C)n1. The van der Waals surface area contributed by atoms with Crippen molar-refractivity contribution in [1.82, 2.24) is 9.97 Å². The minimum atomic E-state index is 0.716. The Morgan fingerprint density at radius 3 is 2.54 bits per heavy atom. The molecule has 70 valence electrons. The molecule has 1 aliphatic rings. The van der Waals surface area contributed by atoms with Crippen molar-refractivity contribution in [2.75, 3.05) is 11.9 Å². The van der Waals surface area contributed by atoms with Gasteiger partial charge in [0.1, 0.15) is 11.6 Å². The van der Waals surface area contributed by atoms with Crippen molar-refractivity contribution >= 4 is 5.82 Å². The molecule has 0 amide bonds. The molecule has 1 aromatic heterocycles. The van der Waals surface area contributed by atoms with Crippen LogP contribution in [0.4, 0.5) is 5.82 Å². The summed E-state index contributed by atoms with van der Waals surface area (Å²) in [7, 11) is 2.11. The van der Waals surface area contributed by atoms with Gasteiger partial charge in [-0.25, -0.2) is 9.97 Å². The third-order valence-electron chi connectivity index (χ3n) is 2.41. The molecule has 0 aromatic carbocycles. The molecular formula is C10H15N3. The van der Waals surface area contributed by atoms with Gasteiger partial charge in [-0.15, -0.1) is 0 Å². The number of hydrogen-bond donors (Lipinski definition) is 0. The topological polar surface area (TPSA) is 29.0 Å². The van der Waals surface area contributed by atoms with E-state index >= 15 is 0 Å². The summed E-state index contributed by atoms with van der Waals surface area (Å²) in [5.41, 5.74) is 1.05. The van der Waals surface area contributed by atoms with E-state index in [9.17, 15) is 0 Å². The second-order valence-corrected chi connectivity index (χ2v) is 3.76. The Labute approximate surface area is 78.8 Å². The van der Waals surface area contributed by atoms with Crippen LogP contribution in [0.2, 0.25) is 0 Å². The Morgan fingerprint density at radius 2 is 2.00 bits per heavy atom. The number of rotatable bonds is 2. The monoisotopic (exact) mass is 177 g/mol. The summed E-state index contributed by atoms with van der Waals surface area (Å²) in [5.74, 6) is 1.93. The second-order valence-electron chi connectivity index (χ2n) is 3.76. The van der Waals surface area contributed by atoms with E-state index in [4.69, 9.17) is 0 Å². The zero-order valence-electron chi connectivity index (χ0n) is 8.41. The van der Waals surface area contributed by atoms with Gasteiger partial charge in [-0.3, -0.25) is 0 Å². The molecule has 0 radical (unpaired) electrons. The zero-order valence-corrected chi connectivity index (χ0v) is 8.41. The minimum absolute atomic E-state index is 0.716. The molecule has 0 saturated heterocycles. The second kappa shape index (κ2) is 2.98. The van der Waals surface area contributed by atoms with E-state index in [-0.39, 0.29) is 0 Å². The lowest BCUT2D eigenvalue weighted by Gasteiger charge is -2.17. The number of aryl methyl sites for hydroxylation is 2. The maximum Gasteiger partial charge on any atom is 0.132 e. The van der Waals surface area contributed by atoms with Crippen molar-refractivity contribution in [1.29, 1.82) is 0 Å². The third kappa shape index (κ3) is 1.79. The van der Waals surface area contributed by atoms with E-state index in [0.717, 1.165) is 17.3 Å². The summed E-state index contributed by atoms with van der Waals surface area (Å²) in [6, 6.07) is 2.76. The number of nitrogens with zero attached hydrogens (tertiary/aromatic N) is 3. The normalized spacial score (nSPS) is 15.9. The summed E-state index contributed by atoms with van der Waals surface area (Å²) in [4.78, 5) is 10.9. The van der Waals surface area contributed by atoms with Gasteiger partial charge in [0.15, 0.2) is 0 Å². The predicted octanol–water partition coefficient (Wildman–Crippen LogP) is 1.69. The Balaban J connectivity index is 2.27. The smallest absolute Gasteiger partial charge is 0.132 e. The van der Waals surface area contributed by atoms with Gasteiger partial charge >= 0.3 is 0 Å². The maximum atomic E-state index is 4.41. The van der Waals surface area contributed by atoms with Crippen molar-refractivity contribution in [3.8, 4) is 0 Å². The highest BCUT2D eigenvalue weighted by molar-refractivity contribution is 5.41. The molecule has 0 spiro atoms. The first-order chi connectivity index (χ1) is 6.16. The lowest BCUT2D eigenvalue weighted by Crippen LogP contribution is -2.21.